The fourth-order valence-electron chi connectivity index (χ4n) is 0.822. The topological polar surface area (TPSA) is 35.0 Å². The summed E-state index contributed by atoms with van der Waals surface area (Å²) in [6.07, 6.45) is 5.80. The third-order valence-electron chi connectivity index (χ3n) is 1.39. The smallest absolute Gasteiger partial charge is 0.131 e. The van der Waals surface area contributed by atoms with Gasteiger partial charge in [-0.05, 0) is 12.0 Å². The number of hydrogen-bond acceptors (Lipinski definition) is 3. The van der Waals surface area contributed by atoms with Gasteiger partial charge >= 0.3 is 0 Å². The highest BCUT2D eigenvalue weighted by Crippen LogP contribution is 2.02. The van der Waals surface area contributed by atoms with Crippen LogP contribution in [0.5, 0.6) is 0 Å². The second-order valence-electron chi connectivity index (χ2n) is 2.46. The first kappa shape index (κ1) is 10.7. The minimum atomic E-state index is -0.452. The van der Waals surface area contributed by atoms with E-state index in [1.807, 2.05) is 0 Å². The molecular weight excluding hydrogens is 211 g/mol. The van der Waals surface area contributed by atoms with Gasteiger partial charge in [-0.1, -0.05) is 0 Å². The molecule has 0 bridgehead atoms. The molecule has 0 atom stereocenters. The van der Waals surface area contributed by atoms with Gasteiger partial charge < -0.3 is 4.74 Å². The van der Waals surface area contributed by atoms with Crippen molar-refractivity contribution in [3.63, 3.8) is 0 Å². The molecule has 3 nitrogen and oxygen atoms in total. The predicted octanol–water partition coefficient (Wildman–Crippen LogP) is 1.84. The molecule has 1 heterocycles. The molecule has 0 N–H and O–H groups in total. The van der Waals surface area contributed by atoms with Gasteiger partial charge in [0.2, 0.25) is 0 Å². The number of aromatic nitrogens is 2. The zero-order valence-electron chi connectivity index (χ0n) is 6.99. The molecule has 0 saturated carbocycles. The van der Waals surface area contributed by atoms with Crippen molar-refractivity contribution >= 4 is 23.2 Å². The van der Waals surface area contributed by atoms with Gasteiger partial charge in [-0.15, -0.1) is 23.2 Å². The second-order valence-corrected chi connectivity index (χ2v) is 3.74. The van der Waals surface area contributed by atoms with E-state index in [9.17, 15) is 0 Å². The van der Waals surface area contributed by atoms with Gasteiger partial charge in [0.15, 0.2) is 0 Å². The highest BCUT2D eigenvalue weighted by Gasteiger charge is 1.98. The molecule has 13 heavy (non-hydrogen) atoms. The molecule has 0 radical (unpaired) electrons. The van der Waals surface area contributed by atoms with E-state index in [2.05, 4.69) is 9.97 Å². The molecule has 0 spiro atoms. The Morgan fingerprint density at radius 1 is 1.31 bits per heavy atom. The van der Waals surface area contributed by atoms with E-state index in [0.717, 1.165) is 12.0 Å². The van der Waals surface area contributed by atoms with E-state index in [1.165, 1.54) is 6.33 Å². The number of nitrogens with zero attached hydrogens (tertiary/aromatic N) is 2. The largest absolute Gasteiger partial charge is 0.378 e. The Morgan fingerprint density at radius 2 is 2.00 bits per heavy atom. The summed E-state index contributed by atoms with van der Waals surface area (Å²) in [6.45, 7) is 0.945. The lowest BCUT2D eigenvalue weighted by Gasteiger charge is -2.03. The van der Waals surface area contributed by atoms with Gasteiger partial charge in [-0.2, -0.15) is 0 Å². The monoisotopic (exact) mass is 220 g/mol. The summed E-state index contributed by atoms with van der Waals surface area (Å²) in [5.41, 5.74) is 1.04. The molecule has 0 aliphatic carbocycles. The van der Waals surface area contributed by atoms with Crippen LogP contribution in [-0.2, 0) is 11.2 Å². The standard InChI is InChI=1S/C8H10Cl2N2O/c9-8(10)5-13-2-1-7-3-11-6-12-4-7/h3-4,6,8H,1-2,5H2. The van der Waals surface area contributed by atoms with Crippen molar-refractivity contribution in [3.05, 3.63) is 24.3 Å². The number of ether oxygens (including phenoxy) is 1. The fourth-order valence-corrected chi connectivity index (χ4v) is 1.000. The highest BCUT2D eigenvalue weighted by atomic mass is 35.5. The van der Waals surface area contributed by atoms with Crippen molar-refractivity contribution in [1.82, 2.24) is 9.97 Å². The van der Waals surface area contributed by atoms with Crippen molar-refractivity contribution in [3.8, 4) is 0 Å². The maximum atomic E-state index is 5.48. The average molecular weight is 221 g/mol. The van der Waals surface area contributed by atoms with Gasteiger partial charge in [0.1, 0.15) is 11.2 Å². The Bertz CT molecular complexity index is 231. The molecule has 0 amide bonds. The summed E-state index contributed by atoms with van der Waals surface area (Å²) in [5.74, 6) is 0. The van der Waals surface area contributed by atoms with Crippen LogP contribution in [0, 0.1) is 0 Å². The maximum absolute atomic E-state index is 5.48. The molecule has 0 fully saturated rings. The fraction of sp³-hybridized carbons (Fsp3) is 0.500. The van der Waals surface area contributed by atoms with Crippen LogP contribution in [0.2, 0.25) is 0 Å². The minimum Gasteiger partial charge on any atom is -0.378 e. The Morgan fingerprint density at radius 3 is 2.62 bits per heavy atom. The van der Waals surface area contributed by atoms with Crippen LogP contribution in [0.15, 0.2) is 18.7 Å². The van der Waals surface area contributed by atoms with Crippen molar-refractivity contribution in [2.75, 3.05) is 13.2 Å². The van der Waals surface area contributed by atoms with Gasteiger partial charge in [0.25, 0.3) is 0 Å². The molecule has 0 aliphatic rings. The summed E-state index contributed by atoms with van der Waals surface area (Å²) >= 11 is 11.0. The molecule has 0 aromatic carbocycles. The summed E-state index contributed by atoms with van der Waals surface area (Å²) in [6, 6.07) is 0. The average Bonchev–Trinajstić information content (AvgIpc) is 2.14. The zero-order chi connectivity index (χ0) is 9.52. The van der Waals surface area contributed by atoms with Crippen LogP contribution in [0.3, 0.4) is 0 Å². The van der Waals surface area contributed by atoms with E-state index in [1.54, 1.807) is 12.4 Å². The lowest BCUT2D eigenvalue weighted by Crippen LogP contribution is -2.05. The Labute approximate surface area is 87.1 Å². The van der Waals surface area contributed by atoms with Crippen LogP contribution in [-0.4, -0.2) is 28.0 Å². The predicted molar refractivity (Wildman–Crippen MR) is 52.0 cm³/mol. The SMILES string of the molecule is ClC(Cl)COCCc1cncnc1. The summed E-state index contributed by atoms with van der Waals surface area (Å²) < 4.78 is 5.18. The van der Waals surface area contributed by atoms with Crippen LogP contribution in [0.4, 0.5) is 0 Å². The quantitative estimate of drug-likeness (QED) is 0.562. The van der Waals surface area contributed by atoms with E-state index in [-0.39, 0.29) is 0 Å². The summed E-state index contributed by atoms with van der Waals surface area (Å²) in [7, 11) is 0. The first-order chi connectivity index (χ1) is 6.29. The zero-order valence-corrected chi connectivity index (χ0v) is 8.50. The molecule has 0 unspecified atom stereocenters. The molecule has 0 aliphatic heterocycles. The van der Waals surface area contributed by atoms with Crippen molar-refractivity contribution < 1.29 is 4.74 Å². The van der Waals surface area contributed by atoms with Gasteiger partial charge in [0, 0.05) is 12.4 Å². The van der Waals surface area contributed by atoms with Gasteiger partial charge in [0.05, 0.1) is 13.2 Å². The number of alkyl halides is 2. The molecule has 72 valence electrons. The van der Waals surface area contributed by atoms with E-state index < -0.39 is 4.84 Å². The number of rotatable bonds is 5. The normalized spacial score (nSPS) is 10.7. The minimum absolute atomic E-state index is 0.358. The van der Waals surface area contributed by atoms with Crippen LogP contribution >= 0.6 is 23.2 Å². The van der Waals surface area contributed by atoms with Crippen molar-refractivity contribution in [2.24, 2.45) is 0 Å². The molecular formula is C8H10Cl2N2O. The molecule has 1 aromatic heterocycles. The van der Waals surface area contributed by atoms with Crippen molar-refractivity contribution in [2.45, 2.75) is 11.3 Å². The molecule has 0 saturated heterocycles. The third kappa shape index (κ3) is 5.03. The Kier molecular flexibility index (Phi) is 5.05. The second kappa shape index (κ2) is 6.13. The van der Waals surface area contributed by atoms with Gasteiger partial charge in [-0.3, -0.25) is 0 Å². The third-order valence-corrected chi connectivity index (χ3v) is 1.64. The van der Waals surface area contributed by atoms with Gasteiger partial charge in [-0.25, -0.2) is 9.97 Å². The molecule has 1 aromatic rings. The van der Waals surface area contributed by atoms with Crippen LogP contribution in [0.25, 0.3) is 0 Å². The van der Waals surface area contributed by atoms with E-state index >= 15 is 0 Å². The molecule has 5 heteroatoms. The van der Waals surface area contributed by atoms with Crippen molar-refractivity contribution in [1.29, 1.82) is 0 Å². The number of halogens is 2. The lowest BCUT2D eigenvalue weighted by molar-refractivity contribution is 0.147. The Hall–Kier alpha value is -0.380. The van der Waals surface area contributed by atoms with Crippen LogP contribution in [0.1, 0.15) is 5.56 Å². The summed E-state index contributed by atoms with van der Waals surface area (Å²) in [4.78, 5) is 7.31. The highest BCUT2D eigenvalue weighted by molar-refractivity contribution is 6.44. The van der Waals surface area contributed by atoms with E-state index in [4.69, 9.17) is 27.9 Å². The van der Waals surface area contributed by atoms with E-state index in [0.29, 0.717) is 13.2 Å². The van der Waals surface area contributed by atoms with Crippen LogP contribution < -0.4 is 0 Å². The number of hydrogen-bond donors (Lipinski definition) is 0. The Balaban J connectivity index is 2.13. The first-order valence-electron chi connectivity index (χ1n) is 3.89. The summed E-state index contributed by atoms with van der Waals surface area (Å²) in [5, 5.41) is 0. The lowest BCUT2D eigenvalue weighted by atomic mass is 10.3. The maximum Gasteiger partial charge on any atom is 0.131 e. The first-order valence-corrected chi connectivity index (χ1v) is 4.76. The molecule has 1 rings (SSSR count).